The van der Waals surface area contributed by atoms with Gasteiger partial charge in [0.05, 0.1) is 16.9 Å². The van der Waals surface area contributed by atoms with E-state index in [4.69, 9.17) is 0 Å². The van der Waals surface area contributed by atoms with Gasteiger partial charge in [0.25, 0.3) is 5.91 Å². The van der Waals surface area contributed by atoms with Gasteiger partial charge in [0.15, 0.2) is 0 Å². The third-order valence-electron chi connectivity index (χ3n) is 4.48. The van der Waals surface area contributed by atoms with E-state index in [1.807, 2.05) is 67.8 Å². The van der Waals surface area contributed by atoms with Crippen LogP contribution in [0.2, 0.25) is 0 Å². The summed E-state index contributed by atoms with van der Waals surface area (Å²) in [5.74, 6) is -0.404. The van der Waals surface area contributed by atoms with Crippen molar-refractivity contribution in [3.63, 3.8) is 0 Å². The average Bonchev–Trinajstić information content (AvgIpc) is 2.91. The molecule has 0 aliphatic carbocycles. The molecule has 0 saturated carbocycles. The number of amides is 2. The normalized spacial score (nSPS) is 10.6. The van der Waals surface area contributed by atoms with Gasteiger partial charge < -0.3 is 15.2 Å². The van der Waals surface area contributed by atoms with Crippen molar-refractivity contribution in [1.29, 1.82) is 0 Å². The second-order valence-electron chi connectivity index (χ2n) is 6.78. The van der Waals surface area contributed by atoms with Crippen molar-refractivity contribution in [3.05, 3.63) is 75.5 Å². The van der Waals surface area contributed by atoms with E-state index in [0.717, 1.165) is 27.1 Å². The molecule has 6 heteroatoms. The first-order chi connectivity index (χ1) is 13.3. The first-order valence-electron chi connectivity index (χ1n) is 8.90. The maximum absolute atomic E-state index is 13.0. The van der Waals surface area contributed by atoms with Gasteiger partial charge in [-0.15, -0.1) is 0 Å². The second-order valence-corrected chi connectivity index (χ2v) is 7.70. The van der Waals surface area contributed by atoms with Crippen molar-refractivity contribution >= 4 is 39.1 Å². The minimum Gasteiger partial charge on any atom is -0.325 e. The fourth-order valence-electron chi connectivity index (χ4n) is 3.26. The molecule has 0 saturated heterocycles. The number of aromatic nitrogens is 1. The van der Waals surface area contributed by atoms with E-state index < -0.39 is 0 Å². The molecule has 0 aliphatic heterocycles. The molecular formula is C22H22BrN3O2. The minimum absolute atomic E-state index is 0.188. The summed E-state index contributed by atoms with van der Waals surface area (Å²) >= 11 is 3.50. The average molecular weight is 440 g/mol. The Kier molecular flexibility index (Phi) is 5.70. The molecule has 0 radical (unpaired) electrons. The van der Waals surface area contributed by atoms with Crippen LogP contribution in [-0.2, 0) is 4.79 Å². The van der Waals surface area contributed by atoms with Crippen LogP contribution in [0.4, 0.5) is 11.4 Å². The van der Waals surface area contributed by atoms with Crippen molar-refractivity contribution in [2.75, 3.05) is 10.6 Å². The largest absolute Gasteiger partial charge is 0.325 e. The van der Waals surface area contributed by atoms with Gasteiger partial charge in [-0.2, -0.15) is 0 Å². The molecule has 1 aromatic heterocycles. The monoisotopic (exact) mass is 439 g/mol. The molecule has 1 heterocycles. The summed E-state index contributed by atoms with van der Waals surface area (Å²) in [5.41, 5.74) is 5.53. The van der Waals surface area contributed by atoms with E-state index in [-0.39, 0.29) is 11.8 Å². The fourth-order valence-corrected chi connectivity index (χ4v) is 3.64. The molecule has 5 nitrogen and oxygen atoms in total. The van der Waals surface area contributed by atoms with Crippen molar-refractivity contribution in [1.82, 2.24) is 4.57 Å². The summed E-state index contributed by atoms with van der Waals surface area (Å²) in [6, 6.07) is 15.3. The molecule has 2 aromatic carbocycles. The molecule has 3 aromatic rings. The summed E-state index contributed by atoms with van der Waals surface area (Å²) in [7, 11) is 0. The van der Waals surface area contributed by atoms with Crippen LogP contribution >= 0.6 is 15.9 Å². The number of anilines is 2. The van der Waals surface area contributed by atoms with E-state index in [1.54, 1.807) is 6.07 Å². The summed E-state index contributed by atoms with van der Waals surface area (Å²) < 4.78 is 3.02. The standard InChI is InChI=1S/C22H22BrN3O2/c1-13-8-9-20(24-16(4)27)21(10-13)25-22(28)19-11-14(2)26(15(19)3)18-7-5-6-17(23)12-18/h5-12H,1-4H3,(H,24,27)(H,25,28). The number of rotatable bonds is 4. The Morgan fingerprint density at radius 3 is 2.36 bits per heavy atom. The zero-order valence-electron chi connectivity index (χ0n) is 16.3. The first kappa shape index (κ1) is 19.9. The molecule has 0 unspecified atom stereocenters. The Hall–Kier alpha value is -2.86. The van der Waals surface area contributed by atoms with E-state index >= 15 is 0 Å². The zero-order valence-corrected chi connectivity index (χ0v) is 17.8. The minimum atomic E-state index is -0.216. The number of carbonyl (C=O) groups excluding carboxylic acids is 2. The number of halogens is 1. The molecule has 2 amide bonds. The summed E-state index contributed by atoms with van der Waals surface area (Å²) in [4.78, 5) is 24.5. The smallest absolute Gasteiger partial charge is 0.257 e. The Morgan fingerprint density at radius 1 is 0.929 bits per heavy atom. The predicted octanol–water partition coefficient (Wildman–Crippen LogP) is 5.38. The van der Waals surface area contributed by atoms with Crippen LogP contribution in [0.3, 0.4) is 0 Å². The first-order valence-corrected chi connectivity index (χ1v) is 9.70. The highest BCUT2D eigenvalue weighted by Crippen LogP contribution is 2.27. The van der Waals surface area contributed by atoms with Crippen LogP contribution in [-0.4, -0.2) is 16.4 Å². The van der Waals surface area contributed by atoms with Gasteiger partial charge in [-0.05, 0) is 62.7 Å². The molecule has 0 atom stereocenters. The Balaban J connectivity index is 1.96. The highest BCUT2D eigenvalue weighted by Gasteiger charge is 2.18. The van der Waals surface area contributed by atoms with Gasteiger partial charge >= 0.3 is 0 Å². The lowest BCUT2D eigenvalue weighted by Gasteiger charge is -2.13. The highest BCUT2D eigenvalue weighted by atomic mass is 79.9. The number of hydrogen-bond acceptors (Lipinski definition) is 2. The quantitative estimate of drug-likeness (QED) is 0.573. The van der Waals surface area contributed by atoms with Crippen LogP contribution in [0.25, 0.3) is 5.69 Å². The summed E-state index contributed by atoms with van der Waals surface area (Å²) in [6.07, 6.45) is 0. The Bertz CT molecular complexity index is 1070. The number of nitrogens with zero attached hydrogens (tertiary/aromatic N) is 1. The molecule has 2 N–H and O–H groups in total. The third kappa shape index (κ3) is 4.17. The van der Waals surface area contributed by atoms with E-state index in [9.17, 15) is 9.59 Å². The Labute approximate surface area is 172 Å². The third-order valence-corrected chi connectivity index (χ3v) is 4.97. The van der Waals surface area contributed by atoms with Gasteiger partial charge in [0.2, 0.25) is 5.91 Å². The topological polar surface area (TPSA) is 63.1 Å². The number of carbonyl (C=O) groups is 2. The number of hydrogen-bond donors (Lipinski definition) is 2. The van der Waals surface area contributed by atoms with Crippen LogP contribution in [0, 0.1) is 20.8 Å². The molecule has 0 fully saturated rings. The summed E-state index contributed by atoms with van der Waals surface area (Å²) in [6.45, 7) is 7.28. The molecular weight excluding hydrogens is 418 g/mol. The van der Waals surface area contributed by atoms with Gasteiger partial charge in [-0.3, -0.25) is 9.59 Å². The lowest BCUT2D eigenvalue weighted by molar-refractivity contribution is -0.114. The van der Waals surface area contributed by atoms with Crippen molar-refractivity contribution < 1.29 is 9.59 Å². The van der Waals surface area contributed by atoms with Crippen molar-refractivity contribution in [2.45, 2.75) is 27.7 Å². The van der Waals surface area contributed by atoms with Gasteiger partial charge in [0.1, 0.15) is 0 Å². The summed E-state index contributed by atoms with van der Waals surface area (Å²) in [5, 5.41) is 5.70. The predicted molar refractivity (Wildman–Crippen MR) is 116 cm³/mol. The van der Waals surface area contributed by atoms with Crippen molar-refractivity contribution in [2.24, 2.45) is 0 Å². The number of aryl methyl sites for hydroxylation is 2. The van der Waals surface area contributed by atoms with Crippen LogP contribution in [0.1, 0.15) is 34.2 Å². The van der Waals surface area contributed by atoms with E-state index in [0.29, 0.717) is 16.9 Å². The fraction of sp³-hybridized carbons (Fsp3) is 0.182. The molecule has 0 aliphatic rings. The molecule has 0 spiro atoms. The second kappa shape index (κ2) is 8.02. The molecule has 28 heavy (non-hydrogen) atoms. The van der Waals surface area contributed by atoms with E-state index in [2.05, 4.69) is 26.6 Å². The number of benzene rings is 2. The zero-order chi connectivity index (χ0) is 20.4. The maximum Gasteiger partial charge on any atom is 0.257 e. The molecule has 0 bridgehead atoms. The van der Waals surface area contributed by atoms with Crippen LogP contribution in [0.5, 0.6) is 0 Å². The van der Waals surface area contributed by atoms with Gasteiger partial charge in [-0.1, -0.05) is 28.1 Å². The van der Waals surface area contributed by atoms with Crippen molar-refractivity contribution in [3.8, 4) is 5.69 Å². The lowest BCUT2D eigenvalue weighted by atomic mass is 10.1. The molecule has 144 valence electrons. The van der Waals surface area contributed by atoms with Gasteiger partial charge in [0, 0.05) is 28.5 Å². The maximum atomic E-state index is 13.0. The lowest BCUT2D eigenvalue weighted by Crippen LogP contribution is -2.16. The SMILES string of the molecule is CC(=O)Nc1ccc(C)cc1NC(=O)c1cc(C)n(-c2cccc(Br)c2)c1C. The van der Waals surface area contributed by atoms with Gasteiger partial charge in [-0.25, -0.2) is 0 Å². The Morgan fingerprint density at radius 2 is 1.68 bits per heavy atom. The van der Waals surface area contributed by atoms with Crippen LogP contribution < -0.4 is 10.6 Å². The highest BCUT2D eigenvalue weighted by molar-refractivity contribution is 9.10. The van der Waals surface area contributed by atoms with E-state index in [1.165, 1.54) is 6.92 Å². The van der Waals surface area contributed by atoms with Crippen LogP contribution in [0.15, 0.2) is 53.0 Å². The number of nitrogens with one attached hydrogen (secondary N) is 2. The molecule has 3 rings (SSSR count).